The molecule has 2 unspecified atom stereocenters. The third-order valence-corrected chi connectivity index (χ3v) is 11.8. The average molecular weight is 930 g/mol. The number of allylic oxidation sites excluding steroid dienone is 8. The summed E-state index contributed by atoms with van der Waals surface area (Å²) in [6.45, 7) is 4.67. The van der Waals surface area contributed by atoms with Gasteiger partial charge in [0.15, 0.2) is 12.4 Å². The molecule has 0 N–H and O–H groups in total. The predicted octanol–water partition coefficient (Wildman–Crippen LogP) is 14.2. The van der Waals surface area contributed by atoms with Crippen molar-refractivity contribution in [2.24, 2.45) is 0 Å². The first-order valence-electron chi connectivity index (χ1n) is 27.3. The Bertz CT molecular complexity index is 1220. The lowest BCUT2D eigenvalue weighted by atomic mass is 10.0. The number of aliphatic carboxylic acids is 1. The molecule has 0 spiro atoms. The number of nitrogens with zero attached hydrogens (tertiary/aromatic N) is 1. The van der Waals surface area contributed by atoms with E-state index in [0.29, 0.717) is 17.4 Å². The lowest BCUT2D eigenvalue weighted by Crippen LogP contribution is -2.44. The van der Waals surface area contributed by atoms with E-state index in [-0.39, 0.29) is 38.6 Å². The van der Waals surface area contributed by atoms with Crippen molar-refractivity contribution in [1.82, 2.24) is 0 Å². The van der Waals surface area contributed by atoms with Gasteiger partial charge in [-0.2, -0.15) is 0 Å². The van der Waals surface area contributed by atoms with Crippen LogP contribution in [0.15, 0.2) is 48.6 Å². The van der Waals surface area contributed by atoms with Crippen LogP contribution >= 0.6 is 0 Å². The summed E-state index contributed by atoms with van der Waals surface area (Å²) in [5.41, 5.74) is 0. The minimum atomic E-state index is -1.62. The molecule has 9 nitrogen and oxygen atoms in total. The van der Waals surface area contributed by atoms with Crippen molar-refractivity contribution >= 4 is 17.9 Å². The second-order valence-corrected chi connectivity index (χ2v) is 19.5. The molecular formula is C57H103NO8. The molecule has 0 radical (unpaired) electrons. The van der Waals surface area contributed by atoms with Crippen LogP contribution in [0.4, 0.5) is 0 Å². The summed E-state index contributed by atoms with van der Waals surface area (Å²) in [6.07, 6.45) is 56.1. The molecule has 0 heterocycles. The van der Waals surface area contributed by atoms with E-state index >= 15 is 0 Å². The van der Waals surface area contributed by atoms with E-state index in [4.69, 9.17) is 18.9 Å². The SMILES string of the molecule is CCC/C=C\CCCCCCCC(=O)OCC(COC(OCC[N+](C)(C)C)C(=O)[O-])OC(=O)CCCCCCCCCCCCCCCCCC/C=C\C/C=C\C/C=C\CCCCCCC. The van der Waals surface area contributed by atoms with E-state index in [2.05, 4.69) is 62.5 Å². The molecule has 0 fully saturated rings. The normalized spacial score (nSPS) is 13.2. The van der Waals surface area contributed by atoms with Crippen molar-refractivity contribution < 1.29 is 42.9 Å². The highest BCUT2D eigenvalue weighted by molar-refractivity contribution is 5.70. The van der Waals surface area contributed by atoms with E-state index < -0.39 is 24.3 Å². The van der Waals surface area contributed by atoms with Gasteiger partial charge in [0, 0.05) is 12.8 Å². The van der Waals surface area contributed by atoms with Crippen LogP contribution in [0, 0.1) is 0 Å². The number of carbonyl (C=O) groups is 3. The molecule has 384 valence electrons. The number of quaternary nitrogens is 1. The second-order valence-electron chi connectivity index (χ2n) is 19.5. The number of ether oxygens (including phenoxy) is 4. The van der Waals surface area contributed by atoms with Crippen molar-refractivity contribution in [1.29, 1.82) is 0 Å². The zero-order valence-corrected chi connectivity index (χ0v) is 43.6. The van der Waals surface area contributed by atoms with Crippen LogP contribution in [-0.2, 0) is 33.3 Å². The number of carbonyl (C=O) groups excluding carboxylic acids is 3. The Labute approximate surface area is 406 Å². The van der Waals surface area contributed by atoms with Crippen molar-refractivity contribution in [2.75, 3.05) is 47.5 Å². The topological polar surface area (TPSA) is 111 Å². The predicted molar refractivity (Wildman–Crippen MR) is 274 cm³/mol. The molecule has 0 rings (SSSR count). The summed E-state index contributed by atoms with van der Waals surface area (Å²) in [5.74, 6) is -2.29. The number of esters is 2. The van der Waals surface area contributed by atoms with Gasteiger partial charge < -0.3 is 33.3 Å². The van der Waals surface area contributed by atoms with Crippen LogP contribution in [-0.4, -0.2) is 82.3 Å². The van der Waals surface area contributed by atoms with Crippen LogP contribution in [0.1, 0.15) is 239 Å². The zero-order valence-electron chi connectivity index (χ0n) is 43.6. The fourth-order valence-corrected chi connectivity index (χ4v) is 7.55. The molecule has 0 aromatic carbocycles. The van der Waals surface area contributed by atoms with Gasteiger partial charge in [-0.1, -0.05) is 204 Å². The largest absolute Gasteiger partial charge is 0.545 e. The smallest absolute Gasteiger partial charge is 0.306 e. The van der Waals surface area contributed by atoms with Gasteiger partial charge in [-0.15, -0.1) is 0 Å². The Hall–Kier alpha value is -2.75. The molecule has 9 heteroatoms. The highest BCUT2D eigenvalue weighted by Gasteiger charge is 2.22. The van der Waals surface area contributed by atoms with Gasteiger partial charge in [-0.25, -0.2) is 0 Å². The maximum absolute atomic E-state index is 12.8. The number of hydrogen-bond donors (Lipinski definition) is 0. The Balaban J connectivity index is 4.09. The van der Waals surface area contributed by atoms with Crippen molar-refractivity contribution in [3.05, 3.63) is 48.6 Å². The molecule has 0 amide bonds. The fraction of sp³-hybridized carbons (Fsp3) is 0.807. The summed E-state index contributed by atoms with van der Waals surface area (Å²) in [4.78, 5) is 37.0. The van der Waals surface area contributed by atoms with Crippen LogP contribution in [0.2, 0.25) is 0 Å². The first-order valence-corrected chi connectivity index (χ1v) is 27.3. The average Bonchev–Trinajstić information content (AvgIpc) is 3.28. The third kappa shape index (κ3) is 49.2. The van der Waals surface area contributed by atoms with E-state index in [1.807, 2.05) is 21.1 Å². The maximum atomic E-state index is 12.8. The molecule has 0 saturated heterocycles. The van der Waals surface area contributed by atoms with Crippen LogP contribution < -0.4 is 5.11 Å². The van der Waals surface area contributed by atoms with Crippen LogP contribution in [0.25, 0.3) is 0 Å². The second kappa shape index (κ2) is 48.7. The Morgan fingerprint density at radius 3 is 1.29 bits per heavy atom. The number of carboxylic acid groups (broad SMARTS) is 1. The Kier molecular flexibility index (Phi) is 46.7. The molecule has 2 atom stereocenters. The van der Waals surface area contributed by atoms with E-state index in [1.54, 1.807) is 0 Å². The number of carboxylic acids is 1. The van der Waals surface area contributed by atoms with Crippen molar-refractivity contribution in [3.63, 3.8) is 0 Å². The lowest BCUT2D eigenvalue weighted by Gasteiger charge is -2.26. The van der Waals surface area contributed by atoms with Gasteiger partial charge in [0.05, 0.1) is 40.3 Å². The fourth-order valence-electron chi connectivity index (χ4n) is 7.55. The molecule has 0 bridgehead atoms. The summed E-state index contributed by atoms with van der Waals surface area (Å²) in [6, 6.07) is 0. The Morgan fingerprint density at radius 2 is 0.848 bits per heavy atom. The number of likely N-dealkylation sites (N-methyl/N-ethyl adjacent to an activating group) is 1. The number of hydrogen-bond acceptors (Lipinski definition) is 8. The van der Waals surface area contributed by atoms with E-state index in [9.17, 15) is 19.5 Å². The highest BCUT2D eigenvalue weighted by Crippen LogP contribution is 2.16. The first-order chi connectivity index (χ1) is 32.1. The van der Waals surface area contributed by atoms with Gasteiger partial charge in [0.1, 0.15) is 13.2 Å². The number of rotatable bonds is 50. The summed E-state index contributed by atoms with van der Waals surface area (Å²) in [7, 11) is 5.91. The third-order valence-electron chi connectivity index (χ3n) is 11.8. The van der Waals surface area contributed by atoms with E-state index in [0.717, 1.165) is 70.6 Å². The lowest BCUT2D eigenvalue weighted by molar-refractivity contribution is -0.870. The van der Waals surface area contributed by atoms with Crippen LogP contribution in [0.5, 0.6) is 0 Å². The molecule has 0 aliphatic carbocycles. The van der Waals surface area contributed by atoms with Crippen molar-refractivity contribution in [3.8, 4) is 0 Å². The van der Waals surface area contributed by atoms with Crippen LogP contribution in [0.3, 0.4) is 0 Å². The first kappa shape index (κ1) is 63.2. The van der Waals surface area contributed by atoms with Gasteiger partial charge in [-0.05, 0) is 70.6 Å². The summed E-state index contributed by atoms with van der Waals surface area (Å²) in [5, 5.41) is 11.7. The molecule has 0 saturated carbocycles. The molecule has 0 aromatic rings. The highest BCUT2D eigenvalue weighted by atomic mass is 16.7. The Morgan fingerprint density at radius 1 is 0.455 bits per heavy atom. The molecule has 0 aliphatic rings. The van der Waals surface area contributed by atoms with Gasteiger partial charge in [0.2, 0.25) is 0 Å². The minimum Gasteiger partial charge on any atom is -0.545 e. The molecular weight excluding hydrogens is 827 g/mol. The quantitative estimate of drug-likeness (QED) is 0.0195. The zero-order chi connectivity index (χ0) is 48.4. The standard InChI is InChI=1S/C57H103NO8/c1-6-8-10-12-14-16-18-19-20-21-22-23-24-25-26-27-28-29-30-31-32-33-34-35-36-37-38-40-42-44-46-48-55(60)66-53(52-65-57(56(61)62)63-50-49-58(3,4)5)51-64-54(59)47-45-43-41-39-17-15-13-11-9-7-2/h11,13,18-19,21-22,24-25,53,57H,6-10,12,14-17,20,23,26-52H2,1-5H3/b13-11-,19-18-,22-21-,25-24-. The molecule has 66 heavy (non-hydrogen) atoms. The maximum Gasteiger partial charge on any atom is 0.306 e. The van der Waals surface area contributed by atoms with E-state index in [1.165, 1.54) is 135 Å². The summed E-state index contributed by atoms with van der Waals surface area (Å²) < 4.78 is 22.6. The van der Waals surface area contributed by atoms with Gasteiger partial charge in [-0.3, -0.25) is 9.59 Å². The molecule has 0 aliphatic heterocycles. The van der Waals surface area contributed by atoms with Crippen molar-refractivity contribution in [2.45, 2.75) is 251 Å². The summed E-state index contributed by atoms with van der Waals surface area (Å²) >= 11 is 0. The van der Waals surface area contributed by atoms with Gasteiger partial charge in [0.25, 0.3) is 0 Å². The molecule has 0 aromatic heterocycles. The monoisotopic (exact) mass is 930 g/mol. The van der Waals surface area contributed by atoms with Gasteiger partial charge >= 0.3 is 11.9 Å². The number of unbranched alkanes of at least 4 members (excludes halogenated alkanes) is 27. The minimum absolute atomic E-state index is 0.146.